The molecule has 7 N–H and O–H groups in total. The first-order chi connectivity index (χ1) is 17.9. The number of carbonyl (C=O) groups excluding carboxylic acids is 1. The molecule has 8 atom stereocenters. The van der Waals surface area contributed by atoms with E-state index >= 15 is 0 Å². The Kier molecular flexibility index (Phi) is 9.34. The van der Waals surface area contributed by atoms with E-state index in [1.807, 2.05) is 0 Å². The molecule has 9 nitrogen and oxygen atoms in total. The summed E-state index contributed by atoms with van der Waals surface area (Å²) in [6.45, 7) is 5.32. The number of fused-ring (bicyclic) bond motifs is 1. The van der Waals surface area contributed by atoms with Gasteiger partial charge in [0.25, 0.3) is 0 Å². The molecule has 212 valence electrons. The van der Waals surface area contributed by atoms with Crippen LogP contribution in [0, 0.1) is 11.3 Å². The van der Waals surface area contributed by atoms with Gasteiger partial charge in [-0.25, -0.2) is 0 Å². The van der Waals surface area contributed by atoms with Gasteiger partial charge in [-0.1, -0.05) is 19.3 Å². The van der Waals surface area contributed by atoms with Gasteiger partial charge in [0.15, 0.2) is 0 Å². The van der Waals surface area contributed by atoms with Gasteiger partial charge in [0.1, 0.15) is 0 Å². The number of hydrogen-bond acceptors (Lipinski definition) is 8. The van der Waals surface area contributed by atoms with Crippen LogP contribution in [0.5, 0.6) is 0 Å². The molecular weight excluding hydrogens is 490 g/mol. The second-order valence-electron chi connectivity index (χ2n) is 12.6. The van der Waals surface area contributed by atoms with E-state index in [0.717, 1.165) is 65.0 Å². The first-order valence-electron chi connectivity index (χ1n) is 14.9. The van der Waals surface area contributed by atoms with Crippen molar-refractivity contribution in [1.82, 2.24) is 31.1 Å². The minimum atomic E-state index is -0.381. The molecular formula is C27H50ClN7O2. The van der Waals surface area contributed by atoms with Gasteiger partial charge in [-0.05, 0) is 57.5 Å². The fourth-order valence-corrected chi connectivity index (χ4v) is 8.33. The summed E-state index contributed by atoms with van der Waals surface area (Å²) in [5, 5.41) is 24.4. The van der Waals surface area contributed by atoms with E-state index in [4.69, 9.17) is 17.3 Å². The molecule has 2 bridgehead atoms. The van der Waals surface area contributed by atoms with Crippen LogP contribution in [-0.4, -0.2) is 115 Å². The van der Waals surface area contributed by atoms with Crippen molar-refractivity contribution in [3.8, 4) is 0 Å². The summed E-state index contributed by atoms with van der Waals surface area (Å²) in [5.74, 6) is -0.284. The number of amides is 1. The van der Waals surface area contributed by atoms with Crippen LogP contribution in [0.1, 0.15) is 57.8 Å². The van der Waals surface area contributed by atoms with Crippen molar-refractivity contribution in [1.29, 1.82) is 0 Å². The summed E-state index contributed by atoms with van der Waals surface area (Å²) in [5.41, 5.74) is 7.04. The minimum absolute atomic E-state index is 0.0161. The predicted molar refractivity (Wildman–Crippen MR) is 147 cm³/mol. The van der Waals surface area contributed by atoms with Crippen LogP contribution in [0.15, 0.2) is 0 Å². The summed E-state index contributed by atoms with van der Waals surface area (Å²) in [6, 6.07) is 0.758. The molecule has 5 aliphatic rings. The zero-order valence-corrected chi connectivity index (χ0v) is 23.4. The van der Waals surface area contributed by atoms with Crippen molar-refractivity contribution in [2.45, 2.75) is 99.5 Å². The van der Waals surface area contributed by atoms with E-state index in [1.54, 1.807) is 0 Å². The smallest absolute Gasteiger partial charge is 0.227 e. The number of piperazine rings is 1. The van der Waals surface area contributed by atoms with E-state index in [-0.39, 0.29) is 59.6 Å². The summed E-state index contributed by atoms with van der Waals surface area (Å²) < 4.78 is 0. The van der Waals surface area contributed by atoms with Crippen LogP contribution in [-0.2, 0) is 4.79 Å². The van der Waals surface area contributed by atoms with Crippen LogP contribution >= 0.6 is 11.6 Å². The molecule has 0 aromatic heterocycles. The Morgan fingerprint density at radius 2 is 1.97 bits per heavy atom. The number of rotatable bonds is 4. The van der Waals surface area contributed by atoms with Crippen molar-refractivity contribution in [2.75, 3.05) is 52.9 Å². The van der Waals surface area contributed by atoms with Crippen LogP contribution < -0.4 is 27.0 Å². The molecule has 10 heteroatoms. The van der Waals surface area contributed by atoms with Gasteiger partial charge < -0.3 is 26.8 Å². The fraction of sp³-hybridized carbons (Fsp3) is 0.963. The molecule has 5 rings (SSSR count). The van der Waals surface area contributed by atoms with Crippen LogP contribution in [0.3, 0.4) is 0 Å². The Bertz CT molecular complexity index is 769. The molecule has 37 heavy (non-hydrogen) atoms. The van der Waals surface area contributed by atoms with Crippen LogP contribution in [0.2, 0.25) is 0 Å². The number of aliphatic hydroxyl groups excluding tert-OH is 1. The predicted octanol–water partition coefficient (Wildman–Crippen LogP) is 0.0142. The third-order valence-corrected chi connectivity index (χ3v) is 10.7. The van der Waals surface area contributed by atoms with Crippen molar-refractivity contribution < 1.29 is 9.90 Å². The fourth-order valence-electron chi connectivity index (χ4n) is 8.12. The summed E-state index contributed by atoms with van der Waals surface area (Å²) in [7, 11) is 2.08. The molecule has 0 aromatic carbocycles. The number of alkyl halides is 1. The molecule has 0 radical (unpaired) electrons. The Morgan fingerprint density at radius 3 is 2.76 bits per heavy atom. The number of aliphatic hydroxyl groups is 1. The number of likely N-dealkylation sites (N-methyl/N-ethyl adjacent to an activating group) is 1. The van der Waals surface area contributed by atoms with Gasteiger partial charge in [-0.3, -0.25) is 19.9 Å². The van der Waals surface area contributed by atoms with Crippen molar-refractivity contribution in [2.24, 2.45) is 17.1 Å². The highest BCUT2D eigenvalue weighted by molar-refractivity contribution is 6.20. The standard InChI is InChI=1S/C27H50ClN7O2/c1-34-11-12-35(16-19(34)17-36)22-7-10-30-15-21(22)32-26(37)24-20-13-27(8-3-2-4-9-27)23(33-25(24)29)6-5-18(28)14-31-20/h18-25,30-31,33,36H,2-17,29H2,1H3,(H,32,37). The Morgan fingerprint density at radius 1 is 1.16 bits per heavy atom. The van der Waals surface area contributed by atoms with E-state index in [9.17, 15) is 9.90 Å². The maximum Gasteiger partial charge on any atom is 0.227 e. The number of carbonyl (C=O) groups is 1. The zero-order valence-electron chi connectivity index (χ0n) is 22.6. The summed E-state index contributed by atoms with van der Waals surface area (Å²) in [4.78, 5) is 18.8. The highest BCUT2D eigenvalue weighted by Crippen LogP contribution is 2.47. The van der Waals surface area contributed by atoms with Crippen LogP contribution in [0.25, 0.3) is 0 Å². The average molecular weight is 540 g/mol. The Labute approximate surface area is 228 Å². The van der Waals surface area contributed by atoms with E-state index in [0.29, 0.717) is 6.04 Å². The molecule has 1 spiro atoms. The van der Waals surface area contributed by atoms with Crippen molar-refractivity contribution in [3.63, 3.8) is 0 Å². The summed E-state index contributed by atoms with van der Waals surface area (Å²) >= 11 is 6.71. The number of nitrogens with zero attached hydrogens (tertiary/aromatic N) is 2. The van der Waals surface area contributed by atoms with E-state index < -0.39 is 0 Å². The van der Waals surface area contributed by atoms with E-state index in [2.05, 4.69) is 38.1 Å². The molecule has 5 fully saturated rings. The molecule has 1 amide bonds. The third kappa shape index (κ3) is 6.14. The largest absolute Gasteiger partial charge is 0.395 e. The second-order valence-corrected chi connectivity index (χ2v) is 13.2. The van der Waals surface area contributed by atoms with Gasteiger partial charge in [-0.15, -0.1) is 11.6 Å². The average Bonchev–Trinajstić information content (AvgIpc) is 2.97. The molecule has 4 aliphatic heterocycles. The third-order valence-electron chi connectivity index (χ3n) is 10.4. The lowest BCUT2D eigenvalue weighted by atomic mass is 9.64. The monoisotopic (exact) mass is 539 g/mol. The second kappa shape index (κ2) is 12.3. The van der Waals surface area contributed by atoms with Gasteiger partial charge in [0, 0.05) is 62.3 Å². The molecule has 1 aliphatic carbocycles. The number of nitrogens with one attached hydrogen (secondary N) is 4. The quantitative estimate of drug-likeness (QED) is 0.277. The first-order valence-corrected chi connectivity index (χ1v) is 15.3. The molecule has 4 heterocycles. The van der Waals surface area contributed by atoms with E-state index in [1.165, 1.54) is 32.1 Å². The van der Waals surface area contributed by atoms with Gasteiger partial charge >= 0.3 is 0 Å². The van der Waals surface area contributed by atoms with Crippen molar-refractivity contribution >= 4 is 17.5 Å². The normalized spacial score (nSPS) is 41.9. The maximum atomic E-state index is 14.1. The molecule has 1 saturated carbocycles. The molecule has 4 saturated heterocycles. The lowest BCUT2D eigenvalue weighted by Gasteiger charge is -2.47. The lowest BCUT2D eigenvalue weighted by molar-refractivity contribution is -0.128. The summed E-state index contributed by atoms with van der Waals surface area (Å²) in [6.07, 6.45) is 9.84. The minimum Gasteiger partial charge on any atom is -0.395 e. The van der Waals surface area contributed by atoms with Gasteiger partial charge in [0.05, 0.1) is 24.7 Å². The first kappa shape index (κ1) is 28.0. The topological polar surface area (TPSA) is 118 Å². The number of piperidine rings is 1. The number of halogens is 1. The van der Waals surface area contributed by atoms with Crippen LogP contribution in [0.4, 0.5) is 0 Å². The zero-order chi connectivity index (χ0) is 26.0. The molecule has 0 aromatic rings. The highest BCUT2D eigenvalue weighted by atomic mass is 35.5. The Balaban J connectivity index is 1.33. The number of hydrogen-bond donors (Lipinski definition) is 6. The lowest BCUT2D eigenvalue weighted by Crippen LogP contribution is -2.66. The van der Waals surface area contributed by atoms with Gasteiger partial charge in [-0.2, -0.15) is 0 Å². The SMILES string of the molecule is CN1CCN(C2CCNCC2NC(=O)C2C(N)NC3CCC(Cl)CNC2CC32CCCCC2)CC1CO. The number of nitrogens with two attached hydrogens (primary N) is 1. The Hall–Kier alpha value is -0.520. The highest BCUT2D eigenvalue weighted by Gasteiger charge is 2.50. The van der Waals surface area contributed by atoms with Gasteiger partial charge in [0.2, 0.25) is 5.91 Å². The van der Waals surface area contributed by atoms with Crippen molar-refractivity contribution in [3.05, 3.63) is 0 Å². The molecule has 8 unspecified atom stereocenters. The maximum absolute atomic E-state index is 14.1.